The third-order valence-electron chi connectivity index (χ3n) is 4.23. The van der Waals surface area contributed by atoms with E-state index in [0.29, 0.717) is 23.0 Å². The van der Waals surface area contributed by atoms with Gasteiger partial charge in [-0.2, -0.15) is 0 Å². The zero-order valence-electron chi connectivity index (χ0n) is 13.2. The standard InChI is InChI=1S/C18H19NO4S/c20-16(11-12-4-2-1-3-5-12)23-14-8-6-13(7-9-14)10-15-17(21)19-18(22)24-15/h6-10,12H,1-5,11H2,(H,19,21,22)/b15-10-. The fourth-order valence-electron chi connectivity index (χ4n) is 3.00. The van der Waals surface area contributed by atoms with Gasteiger partial charge in [0.1, 0.15) is 5.75 Å². The first-order valence-electron chi connectivity index (χ1n) is 8.16. The smallest absolute Gasteiger partial charge is 0.311 e. The molecule has 1 aliphatic carbocycles. The number of thioether (sulfide) groups is 1. The van der Waals surface area contributed by atoms with Gasteiger partial charge in [-0.1, -0.05) is 31.4 Å². The quantitative estimate of drug-likeness (QED) is 0.509. The highest BCUT2D eigenvalue weighted by Gasteiger charge is 2.24. The molecule has 126 valence electrons. The number of benzene rings is 1. The van der Waals surface area contributed by atoms with E-state index in [4.69, 9.17) is 4.74 Å². The molecule has 0 radical (unpaired) electrons. The number of carbonyl (C=O) groups excluding carboxylic acids is 3. The van der Waals surface area contributed by atoms with Gasteiger partial charge in [-0.15, -0.1) is 0 Å². The number of esters is 1. The van der Waals surface area contributed by atoms with Crippen LogP contribution in [0, 0.1) is 5.92 Å². The van der Waals surface area contributed by atoms with Crippen molar-refractivity contribution in [3.63, 3.8) is 0 Å². The molecule has 0 atom stereocenters. The molecule has 1 aromatic rings. The van der Waals surface area contributed by atoms with Gasteiger partial charge in [-0.25, -0.2) is 0 Å². The fraction of sp³-hybridized carbons (Fsp3) is 0.389. The summed E-state index contributed by atoms with van der Waals surface area (Å²) in [4.78, 5) is 35.0. The van der Waals surface area contributed by atoms with Crippen molar-refractivity contribution in [2.24, 2.45) is 5.92 Å². The first-order chi connectivity index (χ1) is 11.6. The van der Waals surface area contributed by atoms with Crippen LogP contribution < -0.4 is 10.1 Å². The summed E-state index contributed by atoms with van der Waals surface area (Å²) in [6, 6.07) is 6.91. The lowest BCUT2D eigenvalue weighted by atomic mass is 9.87. The van der Waals surface area contributed by atoms with Crippen LogP contribution >= 0.6 is 11.8 Å². The predicted molar refractivity (Wildman–Crippen MR) is 92.4 cm³/mol. The van der Waals surface area contributed by atoms with Gasteiger partial charge in [0.2, 0.25) is 0 Å². The van der Waals surface area contributed by atoms with Crippen molar-refractivity contribution in [1.82, 2.24) is 5.32 Å². The van der Waals surface area contributed by atoms with Crippen LogP contribution in [0.3, 0.4) is 0 Å². The summed E-state index contributed by atoms with van der Waals surface area (Å²) >= 11 is 0.879. The van der Waals surface area contributed by atoms with Crippen LogP contribution in [0.4, 0.5) is 4.79 Å². The number of rotatable bonds is 4. The highest BCUT2D eigenvalue weighted by molar-refractivity contribution is 8.18. The third kappa shape index (κ3) is 4.47. The lowest BCUT2D eigenvalue weighted by molar-refractivity contribution is -0.135. The zero-order valence-corrected chi connectivity index (χ0v) is 14.1. The monoisotopic (exact) mass is 345 g/mol. The molecule has 1 N–H and O–H groups in total. The van der Waals surface area contributed by atoms with E-state index in [-0.39, 0.29) is 17.1 Å². The SMILES string of the molecule is O=C(CC1CCCCC1)Oc1ccc(/C=C2\SC(=O)NC2=O)cc1. The van der Waals surface area contributed by atoms with Crippen LogP contribution in [0.15, 0.2) is 29.2 Å². The van der Waals surface area contributed by atoms with E-state index >= 15 is 0 Å². The maximum Gasteiger partial charge on any atom is 0.311 e. The molecule has 1 heterocycles. The van der Waals surface area contributed by atoms with Crippen molar-refractivity contribution in [2.45, 2.75) is 38.5 Å². The Kier molecular flexibility index (Phi) is 5.35. The molecular formula is C18H19NO4S. The van der Waals surface area contributed by atoms with Gasteiger partial charge in [-0.05, 0) is 54.3 Å². The Balaban J connectivity index is 1.56. The molecule has 24 heavy (non-hydrogen) atoms. The maximum atomic E-state index is 12.0. The molecule has 2 aliphatic rings. The second-order valence-corrected chi connectivity index (χ2v) is 7.12. The Labute approximate surface area is 144 Å². The first-order valence-corrected chi connectivity index (χ1v) is 8.97. The molecule has 0 bridgehead atoms. The van der Waals surface area contributed by atoms with E-state index in [1.54, 1.807) is 30.3 Å². The van der Waals surface area contributed by atoms with E-state index in [0.717, 1.165) is 30.2 Å². The van der Waals surface area contributed by atoms with Crippen molar-refractivity contribution >= 4 is 35.0 Å². The molecule has 1 saturated heterocycles. The number of carbonyl (C=O) groups is 3. The molecule has 2 fully saturated rings. The first kappa shape index (κ1) is 16.8. The van der Waals surface area contributed by atoms with E-state index in [1.807, 2.05) is 0 Å². The number of amides is 2. The van der Waals surface area contributed by atoms with Crippen molar-refractivity contribution in [1.29, 1.82) is 0 Å². The molecule has 0 spiro atoms. The van der Waals surface area contributed by atoms with Crippen molar-refractivity contribution in [3.05, 3.63) is 34.7 Å². The molecule has 1 aromatic carbocycles. The largest absolute Gasteiger partial charge is 0.427 e. The molecular weight excluding hydrogens is 326 g/mol. The minimum Gasteiger partial charge on any atom is -0.427 e. The summed E-state index contributed by atoms with van der Waals surface area (Å²) in [5.74, 6) is 0.376. The summed E-state index contributed by atoms with van der Waals surface area (Å²) in [5.41, 5.74) is 0.773. The lowest BCUT2D eigenvalue weighted by Crippen LogP contribution is -2.17. The number of hydrogen-bond donors (Lipinski definition) is 1. The summed E-state index contributed by atoms with van der Waals surface area (Å²) < 4.78 is 5.38. The average Bonchev–Trinajstić information content (AvgIpc) is 2.87. The van der Waals surface area contributed by atoms with Crippen LogP contribution in [0.2, 0.25) is 0 Å². The highest BCUT2D eigenvalue weighted by Crippen LogP contribution is 2.28. The van der Waals surface area contributed by atoms with E-state index < -0.39 is 0 Å². The Bertz CT molecular complexity index is 675. The summed E-state index contributed by atoms with van der Waals surface area (Å²) in [5, 5.41) is 1.85. The van der Waals surface area contributed by atoms with Gasteiger partial charge in [0, 0.05) is 6.42 Å². The number of ether oxygens (including phenoxy) is 1. The number of nitrogens with one attached hydrogen (secondary N) is 1. The van der Waals surface area contributed by atoms with Crippen molar-refractivity contribution in [3.8, 4) is 5.75 Å². The second kappa shape index (κ2) is 7.66. The van der Waals surface area contributed by atoms with Gasteiger partial charge < -0.3 is 4.74 Å². The average molecular weight is 345 g/mol. The Morgan fingerprint density at radius 2 is 1.88 bits per heavy atom. The van der Waals surface area contributed by atoms with Crippen LogP contribution in [0.5, 0.6) is 5.75 Å². The topological polar surface area (TPSA) is 72.5 Å². The number of imide groups is 1. The maximum absolute atomic E-state index is 12.0. The van der Waals surface area contributed by atoms with Crippen molar-refractivity contribution in [2.75, 3.05) is 0 Å². The van der Waals surface area contributed by atoms with Crippen LogP contribution in [0.25, 0.3) is 6.08 Å². The van der Waals surface area contributed by atoms with Crippen LogP contribution in [-0.4, -0.2) is 17.1 Å². The van der Waals surface area contributed by atoms with E-state index in [2.05, 4.69) is 5.32 Å². The molecule has 6 heteroatoms. The summed E-state index contributed by atoms with van der Waals surface area (Å²) in [6.07, 6.45) is 8.01. The Hall–Kier alpha value is -2.08. The van der Waals surface area contributed by atoms with Gasteiger partial charge in [0.05, 0.1) is 4.91 Å². The normalized spacial score (nSPS) is 20.2. The minimum atomic E-state index is -0.381. The van der Waals surface area contributed by atoms with Crippen LogP contribution in [0.1, 0.15) is 44.1 Å². The molecule has 2 amide bonds. The van der Waals surface area contributed by atoms with Gasteiger partial charge in [-0.3, -0.25) is 19.7 Å². The molecule has 1 aliphatic heterocycles. The second-order valence-electron chi connectivity index (χ2n) is 6.10. The highest BCUT2D eigenvalue weighted by atomic mass is 32.2. The molecule has 3 rings (SSSR count). The summed E-state index contributed by atoms with van der Waals surface area (Å²) in [6.45, 7) is 0. The molecule has 0 aromatic heterocycles. The van der Waals surface area contributed by atoms with Gasteiger partial charge in [0.25, 0.3) is 11.1 Å². The Morgan fingerprint density at radius 1 is 1.17 bits per heavy atom. The third-order valence-corrected chi connectivity index (χ3v) is 5.04. The molecule has 0 unspecified atom stereocenters. The Morgan fingerprint density at radius 3 is 2.50 bits per heavy atom. The van der Waals surface area contributed by atoms with E-state index in [9.17, 15) is 14.4 Å². The van der Waals surface area contributed by atoms with Gasteiger partial charge in [0.15, 0.2) is 0 Å². The minimum absolute atomic E-state index is 0.190. The van der Waals surface area contributed by atoms with E-state index in [1.165, 1.54) is 19.3 Å². The lowest BCUT2D eigenvalue weighted by Gasteiger charge is -2.20. The van der Waals surface area contributed by atoms with Gasteiger partial charge >= 0.3 is 5.97 Å². The molecule has 1 saturated carbocycles. The summed E-state index contributed by atoms with van der Waals surface area (Å²) in [7, 11) is 0. The predicted octanol–water partition coefficient (Wildman–Crippen LogP) is 3.89. The van der Waals surface area contributed by atoms with Crippen molar-refractivity contribution < 1.29 is 19.1 Å². The fourth-order valence-corrected chi connectivity index (χ4v) is 3.69. The molecule has 5 nitrogen and oxygen atoms in total. The van der Waals surface area contributed by atoms with Crippen LogP contribution in [-0.2, 0) is 9.59 Å². The zero-order chi connectivity index (χ0) is 16.9. The number of hydrogen-bond acceptors (Lipinski definition) is 5.